The Morgan fingerprint density at radius 1 is 1.30 bits per heavy atom. The number of hydrogen-bond donors (Lipinski definition) is 2. The minimum Gasteiger partial charge on any atom is -0.326 e. The maximum Gasteiger partial charge on any atom is 0.321 e. The van der Waals surface area contributed by atoms with Crippen molar-refractivity contribution in [1.82, 2.24) is 4.90 Å². The van der Waals surface area contributed by atoms with Crippen LogP contribution in [0, 0.1) is 11.8 Å². The molecule has 2 bridgehead atoms. The van der Waals surface area contributed by atoms with Gasteiger partial charge in [0.25, 0.3) is 0 Å². The van der Waals surface area contributed by atoms with Gasteiger partial charge in [-0.3, -0.25) is 0 Å². The normalized spacial score (nSPS) is 25.4. The molecule has 0 aromatic heterocycles. The summed E-state index contributed by atoms with van der Waals surface area (Å²) in [5, 5.41) is 3.01. The molecule has 3 rings (SSSR count). The number of anilines is 1. The van der Waals surface area contributed by atoms with Gasteiger partial charge in [-0.25, -0.2) is 4.79 Å². The number of fused-ring (bicyclic) bond motifs is 2. The molecule has 1 saturated carbocycles. The van der Waals surface area contributed by atoms with Crippen LogP contribution >= 0.6 is 0 Å². The van der Waals surface area contributed by atoms with Crippen LogP contribution in [-0.2, 0) is 6.54 Å². The zero-order valence-electron chi connectivity index (χ0n) is 11.8. The fraction of sp³-hybridized carbons (Fsp3) is 0.562. The topological polar surface area (TPSA) is 58.4 Å². The quantitative estimate of drug-likeness (QED) is 0.870. The molecule has 4 nitrogen and oxygen atoms in total. The molecule has 108 valence electrons. The van der Waals surface area contributed by atoms with Crippen LogP contribution in [0.4, 0.5) is 10.5 Å². The Hall–Kier alpha value is -1.55. The van der Waals surface area contributed by atoms with Crippen molar-refractivity contribution in [2.75, 3.05) is 18.4 Å². The first-order valence-corrected chi connectivity index (χ1v) is 7.59. The Morgan fingerprint density at radius 3 is 2.75 bits per heavy atom. The smallest absolute Gasteiger partial charge is 0.321 e. The van der Waals surface area contributed by atoms with Crippen molar-refractivity contribution < 1.29 is 4.79 Å². The van der Waals surface area contributed by atoms with E-state index in [0.717, 1.165) is 24.3 Å². The minimum atomic E-state index is 0.0378. The van der Waals surface area contributed by atoms with Crippen molar-refractivity contribution in [2.45, 2.75) is 32.2 Å². The van der Waals surface area contributed by atoms with Crippen LogP contribution in [0.2, 0.25) is 0 Å². The van der Waals surface area contributed by atoms with E-state index in [1.54, 1.807) is 0 Å². The van der Waals surface area contributed by atoms with E-state index < -0.39 is 0 Å². The van der Waals surface area contributed by atoms with Gasteiger partial charge in [0.2, 0.25) is 0 Å². The maximum atomic E-state index is 12.4. The molecule has 2 atom stereocenters. The number of hydrogen-bond acceptors (Lipinski definition) is 2. The van der Waals surface area contributed by atoms with E-state index in [4.69, 9.17) is 5.73 Å². The van der Waals surface area contributed by atoms with Crippen LogP contribution < -0.4 is 11.1 Å². The van der Waals surface area contributed by atoms with Crippen molar-refractivity contribution >= 4 is 11.7 Å². The average Bonchev–Trinajstić information content (AvgIpc) is 2.47. The first-order chi connectivity index (χ1) is 9.74. The lowest BCUT2D eigenvalue weighted by atomic mass is 9.78. The highest BCUT2D eigenvalue weighted by Gasteiger charge is 2.32. The number of likely N-dealkylation sites (tertiary alicyclic amines) is 1. The highest BCUT2D eigenvalue weighted by atomic mass is 16.2. The lowest BCUT2D eigenvalue weighted by molar-refractivity contribution is 0.110. The second-order valence-corrected chi connectivity index (χ2v) is 6.14. The SMILES string of the molecule is NCc1cccc(NC(=O)N2CC3CCCC(C3)C2)c1. The predicted octanol–water partition coefficient (Wildman–Crippen LogP) is 2.80. The van der Waals surface area contributed by atoms with E-state index in [-0.39, 0.29) is 6.03 Å². The summed E-state index contributed by atoms with van der Waals surface area (Å²) in [6.45, 7) is 2.33. The van der Waals surface area contributed by atoms with Crippen molar-refractivity contribution in [3.63, 3.8) is 0 Å². The zero-order valence-corrected chi connectivity index (χ0v) is 11.8. The number of benzene rings is 1. The largest absolute Gasteiger partial charge is 0.326 e. The summed E-state index contributed by atoms with van der Waals surface area (Å²) in [5.41, 5.74) is 7.51. The molecule has 0 spiro atoms. The molecular weight excluding hydrogens is 250 g/mol. The summed E-state index contributed by atoms with van der Waals surface area (Å²) in [5.74, 6) is 1.42. The number of nitrogens with one attached hydrogen (secondary N) is 1. The van der Waals surface area contributed by atoms with E-state index in [9.17, 15) is 4.79 Å². The van der Waals surface area contributed by atoms with E-state index in [1.807, 2.05) is 29.2 Å². The summed E-state index contributed by atoms with van der Waals surface area (Å²) in [6, 6.07) is 7.81. The molecule has 1 heterocycles. The molecule has 2 aliphatic rings. The highest BCUT2D eigenvalue weighted by Crippen LogP contribution is 2.34. The summed E-state index contributed by atoms with van der Waals surface area (Å²) < 4.78 is 0. The van der Waals surface area contributed by atoms with Gasteiger partial charge in [0.05, 0.1) is 0 Å². The van der Waals surface area contributed by atoms with E-state index in [2.05, 4.69) is 5.32 Å². The molecular formula is C16H23N3O. The summed E-state index contributed by atoms with van der Waals surface area (Å²) in [6.07, 6.45) is 5.21. The van der Waals surface area contributed by atoms with E-state index >= 15 is 0 Å². The molecule has 2 unspecified atom stereocenters. The van der Waals surface area contributed by atoms with Gasteiger partial charge in [-0.05, 0) is 48.8 Å². The third-order valence-corrected chi connectivity index (χ3v) is 4.55. The van der Waals surface area contributed by atoms with Crippen LogP contribution in [0.5, 0.6) is 0 Å². The number of carbonyl (C=O) groups excluding carboxylic acids is 1. The molecule has 1 saturated heterocycles. The standard InChI is InChI=1S/C16H23N3O/c17-9-12-3-2-6-15(8-12)18-16(20)19-10-13-4-1-5-14(7-13)11-19/h2-3,6,8,13-14H,1,4-5,7,9-11,17H2,(H,18,20). The third-order valence-electron chi connectivity index (χ3n) is 4.55. The van der Waals surface area contributed by atoms with Gasteiger partial charge < -0.3 is 16.0 Å². The summed E-state index contributed by atoms with van der Waals surface area (Å²) in [7, 11) is 0. The number of amides is 2. The number of nitrogens with zero attached hydrogens (tertiary/aromatic N) is 1. The number of nitrogens with two attached hydrogens (primary N) is 1. The predicted molar refractivity (Wildman–Crippen MR) is 80.4 cm³/mol. The van der Waals surface area contributed by atoms with Crippen LogP contribution in [0.15, 0.2) is 24.3 Å². The first kappa shape index (κ1) is 13.4. The van der Waals surface area contributed by atoms with Crippen LogP contribution in [0.1, 0.15) is 31.2 Å². The Labute approximate surface area is 120 Å². The lowest BCUT2D eigenvalue weighted by Gasteiger charge is -2.41. The van der Waals surface area contributed by atoms with Gasteiger partial charge in [0, 0.05) is 25.3 Å². The molecule has 20 heavy (non-hydrogen) atoms. The molecule has 0 radical (unpaired) electrons. The van der Waals surface area contributed by atoms with Crippen LogP contribution in [0.3, 0.4) is 0 Å². The second-order valence-electron chi connectivity index (χ2n) is 6.14. The van der Waals surface area contributed by atoms with Crippen molar-refractivity contribution in [2.24, 2.45) is 17.6 Å². The van der Waals surface area contributed by atoms with Gasteiger partial charge in [-0.15, -0.1) is 0 Å². The Kier molecular flexibility index (Phi) is 3.92. The molecule has 2 fully saturated rings. The van der Waals surface area contributed by atoms with Crippen molar-refractivity contribution in [1.29, 1.82) is 0 Å². The van der Waals surface area contributed by atoms with E-state index in [1.165, 1.54) is 25.7 Å². The third kappa shape index (κ3) is 2.96. The van der Waals surface area contributed by atoms with Gasteiger partial charge in [-0.1, -0.05) is 18.6 Å². The molecule has 1 aromatic rings. The summed E-state index contributed by atoms with van der Waals surface area (Å²) in [4.78, 5) is 14.4. The van der Waals surface area contributed by atoms with Gasteiger partial charge >= 0.3 is 6.03 Å². The van der Waals surface area contributed by atoms with Crippen LogP contribution in [-0.4, -0.2) is 24.0 Å². The molecule has 2 amide bonds. The second kappa shape index (κ2) is 5.83. The fourth-order valence-electron chi connectivity index (χ4n) is 3.58. The number of carbonyl (C=O) groups is 1. The zero-order chi connectivity index (χ0) is 13.9. The first-order valence-electron chi connectivity index (χ1n) is 7.59. The van der Waals surface area contributed by atoms with Gasteiger partial charge in [0.15, 0.2) is 0 Å². The van der Waals surface area contributed by atoms with Crippen molar-refractivity contribution in [3.05, 3.63) is 29.8 Å². The number of piperidine rings is 1. The molecule has 1 aliphatic heterocycles. The van der Waals surface area contributed by atoms with Crippen molar-refractivity contribution in [3.8, 4) is 0 Å². The van der Waals surface area contributed by atoms with Gasteiger partial charge in [0.1, 0.15) is 0 Å². The van der Waals surface area contributed by atoms with Crippen LogP contribution in [0.25, 0.3) is 0 Å². The molecule has 1 aromatic carbocycles. The Bertz CT molecular complexity index is 476. The van der Waals surface area contributed by atoms with E-state index in [0.29, 0.717) is 18.4 Å². The highest BCUT2D eigenvalue weighted by molar-refractivity contribution is 5.89. The molecule has 4 heteroatoms. The fourth-order valence-corrected chi connectivity index (χ4v) is 3.58. The lowest BCUT2D eigenvalue weighted by Crippen LogP contribution is -2.47. The monoisotopic (exact) mass is 273 g/mol. The molecule has 1 aliphatic carbocycles. The maximum absolute atomic E-state index is 12.4. The minimum absolute atomic E-state index is 0.0378. The Morgan fingerprint density at radius 2 is 2.05 bits per heavy atom. The molecule has 3 N–H and O–H groups in total. The average molecular weight is 273 g/mol. The number of urea groups is 1. The number of rotatable bonds is 2. The van der Waals surface area contributed by atoms with Gasteiger partial charge in [-0.2, -0.15) is 0 Å². The Balaban J connectivity index is 1.63. The summed E-state index contributed by atoms with van der Waals surface area (Å²) >= 11 is 0.